The van der Waals surface area contributed by atoms with Crippen LogP contribution in [0.4, 0.5) is 17.8 Å². The van der Waals surface area contributed by atoms with Gasteiger partial charge in [-0.1, -0.05) is 29.3 Å². The van der Waals surface area contributed by atoms with Gasteiger partial charge in [0.05, 0.1) is 19.9 Å². The second-order valence-electron chi connectivity index (χ2n) is 12.8. The zero-order valence-corrected chi connectivity index (χ0v) is 30.7. The summed E-state index contributed by atoms with van der Waals surface area (Å²) in [6, 6.07) is 10.4. The summed E-state index contributed by atoms with van der Waals surface area (Å²) in [5, 5.41) is 5.32. The fourth-order valence-electron chi connectivity index (χ4n) is 6.46. The SMILES string of the molecule is COc1cc(/C=N\Nc2nc(N3CCCCC3)nc(N3CCCCC3)n2)ccc1Oc1nc2c(c(=O)n(C)c(=O)n2C)n1Cc1ccc(Cl)cc1Cl. The second-order valence-corrected chi connectivity index (χ2v) is 13.7. The molecule has 2 aliphatic heterocycles. The number of rotatable bonds is 10. The number of ether oxygens (including phenoxy) is 2. The van der Waals surface area contributed by atoms with Gasteiger partial charge in [-0.05, 0) is 80.0 Å². The third-order valence-electron chi connectivity index (χ3n) is 9.31. The van der Waals surface area contributed by atoms with Gasteiger partial charge in [0, 0.05) is 50.3 Å². The molecule has 1 N–H and O–H groups in total. The van der Waals surface area contributed by atoms with Gasteiger partial charge in [-0.3, -0.25) is 18.5 Å². The monoisotopic (exact) mass is 747 g/mol. The molecule has 52 heavy (non-hydrogen) atoms. The number of nitrogens with one attached hydrogen (secondary N) is 1. The molecule has 7 rings (SSSR count). The molecule has 0 saturated carbocycles. The first-order valence-corrected chi connectivity index (χ1v) is 18.0. The number of hydrazone groups is 1. The van der Waals surface area contributed by atoms with E-state index in [1.54, 1.807) is 54.2 Å². The smallest absolute Gasteiger partial charge is 0.332 e. The lowest BCUT2D eigenvalue weighted by molar-refractivity contribution is 0.361. The molecule has 5 heterocycles. The number of aryl methyl sites for hydroxylation is 1. The van der Waals surface area contributed by atoms with Crippen molar-refractivity contribution in [3.8, 4) is 17.5 Å². The normalized spacial score (nSPS) is 15.1. The van der Waals surface area contributed by atoms with Gasteiger partial charge in [0.25, 0.3) is 5.56 Å². The molecule has 17 heteroatoms. The Morgan fingerprint density at radius 1 is 0.827 bits per heavy atom. The van der Waals surface area contributed by atoms with Crippen LogP contribution in [0.3, 0.4) is 0 Å². The van der Waals surface area contributed by atoms with Crippen LogP contribution in [0.5, 0.6) is 17.5 Å². The number of halogens is 2. The predicted octanol–water partition coefficient (Wildman–Crippen LogP) is 5.20. The van der Waals surface area contributed by atoms with Crippen LogP contribution in [0.1, 0.15) is 49.7 Å². The van der Waals surface area contributed by atoms with Crippen molar-refractivity contribution >= 4 is 58.4 Å². The maximum absolute atomic E-state index is 13.4. The Morgan fingerprint density at radius 2 is 1.50 bits per heavy atom. The van der Waals surface area contributed by atoms with Crippen LogP contribution >= 0.6 is 23.2 Å². The number of hydrogen-bond acceptors (Lipinski definition) is 12. The van der Waals surface area contributed by atoms with Crippen molar-refractivity contribution < 1.29 is 9.47 Å². The quantitative estimate of drug-likeness (QED) is 0.148. The maximum Gasteiger partial charge on any atom is 0.332 e. The van der Waals surface area contributed by atoms with Crippen LogP contribution in [0.25, 0.3) is 11.2 Å². The molecule has 0 unspecified atom stereocenters. The van der Waals surface area contributed by atoms with Crippen molar-refractivity contribution in [1.82, 2.24) is 33.6 Å². The van der Waals surface area contributed by atoms with Gasteiger partial charge < -0.3 is 19.3 Å². The Hall–Kier alpha value is -5.15. The van der Waals surface area contributed by atoms with Crippen molar-refractivity contribution in [2.75, 3.05) is 48.5 Å². The summed E-state index contributed by atoms with van der Waals surface area (Å²) in [5.41, 5.74) is 3.67. The van der Waals surface area contributed by atoms with E-state index in [1.165, 1.54) is 31.6 Å². The third kappa shape index (κ3) is 7.28. The zero-order chi connectivity index (χ0) is 36.4. The van der Waals surface area contributed by atoms with Crippen molar-refractivity contribution in [2.24, 2.45) is 19.2 Å². The lowest BCUT2D eigenvalue weighted by Gasteiger charge is -2.30. The van der Waals surface area contributed by atoms with Gasteiger partial charge in [-0.15, -0.1) is 0 Å². The molecule has 5 aromatic rings. The molecule has 0 amide bonds. The largest absolute Gasteiger partial charge is 0.493 e. The number of nitrogens with zero attached hydrogens (tertiary/aromatic N) is 10. The van der Waals surface area contributed by atoms with Crippen molar-refractivity contribution in [3.63, 3.8) is 0 Å². The molecule has 0 radical (unpaired) electrons. The minimum Gasteiger partial charge on any atom is -0.493 e. The van der Waals surface area contributed by atoms with Gasteiger partial charge >= 0.3 is 11.7 Å². The van der Waals surface area contributed by atoms with Crippen LogP contribution in [-0.4, -0.2) is 73.1 Å². The molecule has 0 bridgehead atoms. The number of methoxy groups -OCH3 is 1. The number of anilines is 3. The molecule has 15 nitrogen and oxygen atoms in total. The van der Waals surface area contributed by atoms with E-state index in [0.29, 0.717) is 50.5 Å². The van der Waals surface area contributed by atoms with Gasteiger partial charge in [0.1, 0.15) is 0 Å². The first-order valence-electron chi connectivity index (χ1n) is 17.2. The van der Waals surface area contributed by atoms with Gasteiger partial charge in [0.15, 0.2) is 22.7 Å². The van der Waals surface area contributed by atoms with E-state index in [0.717, 1.165) is 56.4 Å². The third-order valence-corrected chi connectivity index (χ3v) is 9.90. The lowest BCUT2D eigenvalue weighted by Crippen LogP contribution is -2.37. The first-order chi connectivity index (χ1) is 25.2. The highest BCUT2D eigenvalue weighted by molar-refractivity contribution is 6.35. The van der Waals surface area contributed by atoms with Gasteiger partial charge in [-0.25, -0.2) is 10.2 Å². The van der Waals surface area contributed by atoms with Crippen LogP contribution in [-0.2, 0) is 20.6 Å². The molecule has 3 aromatic heterocycles. The summed E-state index contributed by atoms with van der Waals surface area (Å²) in [4.78, 5) is 49.4. The van der Waals surface area contributed by atoms with E-state index in [9.17, 15) is 9.59 Å². The summed E-state index contributed by atoms with van der Waals surface area (Å²) in [7, 11) is 4.48. The molecule has 2 fully saturated rings. The Balaban J connectivity index is 1.17. The number of aromatic nitrogens is 7. The van der Waals surface area contributed by atoms with Crippen LogP contribution in [0, 0.1) is 0 Å². The minimum atomic E-state index is -0.527. The fourth-order valence-corrected chi connectivity index (χ4v) is 6.93. The first kappa shape index (κ1) is 35.3. The Bertz CT molecular complexity index is 2220. The van der Waals surface area contributed by atoms with Crippen molar-refractivity contribution in [2.45, 2.75) is 45.1 Å². The highest BCUT2D eigenvalue weighted by Crippen LogP contribution is 2.34. The average molecular weight is 749 g/mol. The average Bonchev–Trinajstić information content (AvgIpc) is 3.52. The van der Waals surface area contributed by atoms with Crippen molar-refractivity contribution in [1.29, 1.82) is 0 Å². The standard InChI is InChI=1S/C35H39Cl2N11O4/c1-44-29-28(30(49)45(2)35(44)50)48(21-23-11-12-24(36)19-25(23)37)34(39-29)52-26-13-10-22(18-27(26)51-3)20-38-43-31-40-32(46-14-6-4-7-15-46)42-33(41-31)47-16-8-5-9-17-47/h10-13,18-20H,4-9,14-17,21H2,1-3H3,(H,40,41,42,43)/b38-20-. The Kier molecular flexibility index (Phi) is 10.3. The zero-order valence-electron chi connectivity index (χ0n) is 29.2. The van der Waals surface area contributed by atoms with E-state index in [2.05, 4.69) is 25.3 Å². The van der Waals surface area contributed by atoms with E-state index in [1.807, 2.05) is 0 Å². The van der Waals surface area contributed by atoms with E-state index in [4.69, 9.17) is 47.6 Å². The van der Waals surface area contributed by atoms with E-state index in [-0.39, 0.29) is 23.7 Å². The maximum atomic E-state index is 13.4. The van der Waals surface area contributed by atoms with Crippen LogP contribution in [0.2, 0.25) is 10.0 Å². The van der Waals surface area contributed by atoms with E-state index < -0.39 is 11.2 Å². The highest BCUT2D eigenvalue weighted by atomic mass is 35.5. The molecule has 272 valence electrons. The molecule has 0 spiro atoms. The number of piperidine rings is 2. The Labute approximate surface area is 309 Å². The number of imidazole rings is 1. The van der Waals surface area contributed by atoms with Crippen LogP contribution < -0.4 is 35.9 Å². The number of hydrogen-bond donors (Lipinski definition) is 1. The summed E-state index contributed by atoms with van der Waals surface area (Å²) < 4.78 is 15.9. The Morgan fingerprint density at radius 3 is 2.13 bits per heavy atom. The predicted molar refractivity (Wildman–Crippen MR) is 202 cm³/mol. The molecular weight excluding hydrogens is 709 g/mol. The summed E-state index contributed by atoms with van der Waals surface area (Å²) >= 11 is 12.7. The van der Waals surface area contributed by atoms with Gasteiger partial charge in [0.2, 0.25) is 17.8 Å². The lowest BCUT2D eigenvalue weighted by atomic mass is 10.1. The second kappa shape index (κ2) is 15.2. The van der Waals surface area contributed by atoms with Crippen molar-refractivity contribution in [3.05, 3.63) is 78.4 Å². The fraction of sp³-hybridized carbons (Fsp3) is 0.400. The molecule has 2 aliphatic rings. The summed E-state index contributed by atoms with van der Waals surface area (Å²) in [6.45, 7) is 3.78. The molecular formula is C35H39Cl2N11O4. The molecule has 0 atom stereocenters. The van der Waals surface area contributed by atoms with Gasteiger partial charge in [-0.2, -0.15) is 25.0 Å². The van der Waals surface area contributed by atoms with E-state index >= 15 is 0 Å². The topological polar surface area (TPSA) is 150 Å². The van der Waals surface area contributed by atoms with Crippen LogP contribution in [0.15, 0.2) is 51.1 Å². The molecule has 2 saturated heterocycles. The summed E-state index contributed by atoms with van der Waals surface area (Å²) in [6.07, 6.45) is 8.50. The summed E-state index contributed by atoms with van der Waals surface area (Å²) in [5.74, 6) is 2.41. The highest BCUT2D eigenvalue weighted by Gasteiger charge is 2.23. The number of benzene rings is 2. The molecule has 2 aromatic carbocycles. The minimum absolute atomic E-state index is 0.0598. The number of fused-ring (bicyclic) bond motifs is 1. The molecule has 0 aliphatic carbocycles.